The Morgan fingerprint density at radius 3 is 2.95 bits per heavy atom. The Morgan fingerprint density at radius 1 is 1.50 bits per heavy atom. The van der Waals surface area contributed by atoms with Crippen molar-refractivity contribution in [1.29, 1.82) is 0 Å². The first-order chi connectivity index (χ1) is 9.47. The molecular formula is C13H21N5O2. The molecule has 0 aromatic carbocycles. The minimum Gasteiger partial charge on any atom is -0.389 e. The molecule has 0 spiro atoms. The highest BCUT2D eigenvalue weighted by Gasteiger charge is 2.40. The van der Waals surface area contributed by atoms with Gasteiger partial charge in [0.25, 0.3) is 5.91 Å². The summed E-state index contributed by atoms with van der Waals surface area (Å²) in [4.78, 5) is 13.7. The molecule has 1 amide bonds. The number of hydrogen-bond donors (Lipinski definition) is 2. The summed E-state index contributed by atoms with van der Waals surface area (Å²) in [5, 5.41) is 21.2. The van der Waals surface area contributed by atoms with Gasteiger partial charge in [0.1, 0.15) is 5.82 Å². The van der Waals surface area contributed by atoms with E-state index in [1.807, 2.05) is 23.4 Å². The lowest BCUT2D eigenvalue weighted by Gasteiger charge is -2.29. The van der Waals surface area contributed by atoms with Crippen LogP contribution >= 0.6 is 0 Å². The second-order valence-electron chi connectivity index (χ2n) is 6.15. The summed E-state index contributed by atoms with van der Waals surface area (Å²) in [5.74, 6) is 1.42. The van der Waals surface area contributed by atoms with Crippen LogP contribution < -0.4 is 5.32 Å². The molecule has 3 rings (SSSR count). The van der Waals surface area contributed by atoms with Gasteiger partial charge in [-0.3, -0.25) is 9.69 Å². The maximum Gasteiger partial charge on any atom is 0.289 e. The molecule has 1 atom stereocenters. The number of amides is 1. The van der Waals surface area contributed by atoms with Gasteiger partial charge in [-0.05, 0) is 32.7 Å². The zero-order valence-electron chi connectivity index (χ0n) is 12.0. The molecule has 2 N–H and O–H groups in total. The highest BCUT2D eigenvalue weighted by Crippen LogP contribution is 2.39. The number of nitrogens with zero attached hydrogens (tertiary/aromatic N) is 4. The summed E-state index contributed by atoms with van der Waals surface area (Å²) in [5.41, 5.74) is -0.642. The van der Waals surface area contributed by atoms with Gasteiger partial charge < -0.3 is 15.0 Å². The van der Waals surface area contributed by atoms with E-state index in [-0.39, 0.29) is 5.91 Å². The zero-order valence-corrected chi connectivity index (χ0v) is 12.0. The number of hydrogen-bond acceptors (Lipinski definition) is 5. The van der Waals surface area contributed by atoms with E-state index in [1.165, 1.54) is 0 Å². The number of fused-ring (bicyclic) bond motifs is 1. The molecule has 7 nitrogen and oxygen atoms in total. The molecule has 0 radical (unpaired) electrons. The fourth-order valence-electron chi connectivity index (χ4n) is 2.89. The number of likely N-dealkylation sites (N-methyl/N-ethyl adjacent to an activating group) is 1. The third kappa shape index (κ3) is 2.55. The number of rotatable bonds is 5. The first kappa shape index (κ1) is 13.5. The largest absolute Gasteiger partial charge is 0.389 e. The molecule has 1 aromatic rings. The predicted octanol–water partition coefficient (Wildman–Crippen LogP) is -0.386. The number of aliphatic hydroxyl groups is 1. The van der Waals surface area contributed by atoms with E-state index in [4.69, 9.17) is 0 Å². The minimum atomic E-state index is -0.642. The Hall–Kier alpha value is -1.47. The lowest BCUT2D eigenvalue weighted by molar-refractivity contribution is 0.00436. The Kier molecular flexibility index (Phi) is 3.25. The fourth-order valence-corrected chi connectivity index (χ4v) is 2.89. The minimum absolute atomic E-state index is 0.164. The van der Waals surface area contributed by atoms with Gasteiger partial charge in [-0.1, -0.05) is 0 Å². The third-order valence-corrected chi connectivity index (χ3v) is 4.11. The Bertz CT molecular complexity index is 521. The van der Waals surface area contributed by atoms with E-state index in [0.29, 0.717) is 37.9 Å². The van der Waals surface area contributed by atoms with Crippen molar-refractivity contribution in [2.75, 3.05) is 20.1 Å². The number of carbonyl (C=O) groups excluding carboxylic acids is 1. The van der Waals surface area contributed by atoms with Gasteiger partial charge in [-0.15, -0.1) is 10.2 Å². The maximum atomic E-state index is 11.6. The average Bonchev–Trinajstić information content (AvgIpc) is 3.14. The van der Waals surface area contributed by atoms with Gasteiger partial charge in [-0.25, -0.2) is 0 Å². The number of nitrogens with one attached hydrogen (secondary N) is 1. The van der Waals surface area contributed by atoms with Crippen LogP contribution in [0.5, 0.6) is 0 Å². The van der Waals surface area contributed by atoms with Crippen LogP contribution in [0.3, 0.4) is 0 Å². The quantitative estimate of drug-likeness (QED) is 0.767. The third-order valence-electron chi connectivity index (χ3n) is 4.11. The lowest BCUT2D eigenvalue weighted by Crippen LogP contribution is -2.41. The van der Waals surface area contributed by atoms with Crippen molar-refractivity contribution >= 4 is 5.91 Å². The van der Waals surface area contributed by atoms with Gasteiger partial charge >= 0.3 is 0 Å². The Morgan fingerprint density at radius 2 is 2.25 bits per heavy atom. The molecule has 7 heteroatoms. The van der Waals surface area contributed by atoms with Crippen LogP contribution in [0.25, 0.3) is 0 Å². The van der Waals surface area contributed by atoms with Crippen molar-refractivity contribution in [3.63, 3.8) is 0 Å². The van der Waals surface area contributed by atoms with Crippen LogP contribution in [0.4, 0.5) is 0 Å². The monoisotopic (exact) mass is 279 g/mol. The molecule has 1 aliphatic heterocycles. The number of carbonyl (C=O) groups is 1. The summed E-state index contributed by atoms with van der Waals surface area (Å²) in [6, 6.07) is 0. The molecule has 1 aliphatic carbocycles. The van der Waals surface area contributed by atoms with Gasteiger partial charge in [0.15, 0.2) is 0 Å². The molecule has 2 heterocycles. The van der Waals surface area contributed by atoms with E-state index >= 15 is 0 Å². The normalized spacial score (nSPS) is 21.5. The van der Waals surface area contributed by atoms with Crippen molar-refractivity contribution in [1.82, 2.24) is 25.0 Å². The summed E-state index contributed by atoms with van der Waals surface area (Å²) < 4.78 is 1.86. The second-order valence-corrected chi connectivity index (χ2v) is 6.15. The fraction of sp³-hybridized carbons (Fsp3) is 0.769. The van der Waals surface area contributed by atoms with Crippen LogP contribution in [-0.2, 0) is 13.1 Å². The van der Waals surface area contributed by atoms with Crippen LogP contribution in [0.15, 0.2) is 0 Å². The first-order valence-electron chi connectivity index (χ1n) is 7.08. The molecule has 1 aromatic heterocycles. The smallest absolute Gasteiger partial charge is 0.289 e. The zero-order chi connectivity index (χ0) is 14.3. The van der Waals surface area contributed by atoms with E-state index < -0.39 is 5.60 Å². The second kappa shape index (κ2) is 4.82. The van der Waals surface area contributed by atoms with Gasteiger partial charge in [0.2, 0.25) is 5.82 Å². The molecule has 1 saturated carbocycles. The predicted molar refractivity (Wildman–Crippen MR) is 72.0 cm³/mol. The highest BCUT2D eigenvalue weighted by atomic mass is 16.3. The summed E-state index contributed by atoms with van der Waals surface area (Å²) in [7, 11) is 1.96. The van der Waals surface area contributed by atoms with Crippen molar-refractivity contribution in [2.24, 2.45) is 5.92 Å². The molecule has 1 unspecified atom stereocenters. The van der Waals surface area contributed by atoms with Crippen molar-refractivity contribution < 1.29 is 9.90 Å². The van der Waals surface area contributed by atoms with Crippen LogP contribution in [0, 0.1) is 5.92 Å². The summed E-state index contributed by atoms with van der Waals surface area (Å²) in [6.07, 6.45) is 2.22. The SMILES string of the molecule is CN(Cc1nnc2n1CCNC2=O)CC(C)(O)C1CC1. The van der Waals surface area contributed by atoms with Crippen molar-refractivity contribution in [3.05, 3.63) is 11.6 Å². The highest BCUT2D eigenvalue weighted by molar-refractivity contribution is 5.91. The van der Waals surface area contributed by atoms with E-state index in [2.05, 4.69) is 15.5 Å². The standard InChI is InChI=1S/C13H21N5O2/c1-13(20,9-3-4-9)8-17(2)7-10-15-16-11-12(19)14-5-6-18(10)11/h9,20H,3-8H2,1-2H3,(H,14,19). The van der Waals surface area contributed by atoms with Gasteiger partial charge in [0, 0.05) is 19.6 Å². The number of aromatic nitrogens is 3. The maximum absolute atomic E-state index is 11.6. The van der Waals surface area contributed by atoms with E-state index in [1.54, 1.807) is 0 Å². The first-order valence-corrected chi connectivity index (χ1v) is 7.08. The average molecular weight is 279 g/mol. The van der Waals surface area contributed by atoms with Crippen LogP contribution in [-0.4, -0.2) is 56.4 Å². The molecule has 0 saturated heterocycles. The summed E-state index contributed by atoms with van der Waals surface area (Å²) in [6.45, 7) is 4.40. The molecule has 110 valence electrons. The van der Waals surface area contributed by atoms with Gasteiger partial charge in [-0.2, -0.15) is 0 Å². The van der Waals surface area contributed by atoms with Crippen LogP contribution in [0.2, 0.25) is 0 Å². The molecule has 2 aliphatic rings. The van der Waals surface area contributed by atoms with E-state index in [9.17, 15) is 9.90 Å². The van der Waals surface area contributed by atoms with E-state index in [0.717, 1.165) is 18.7 Å². The Labute approximate surface area is 118 Å². The lowest BCUT2D eigenvalue weighted by atomic mass is 10.0. The molecule has 20 heavy (non-hydrogen) atoms. The van der Waals surface area contributed by atoms with Crippen molar-refractivity contribution in [2.45, 2.75) is 38.5 Å². The molecule has 1 fully saturated rings. The topological polar surface area (TPSA) is 83.3 Å². The Balaban J connectivity index is 1.67. The summed E-state index contributed by atoms with van der Waals surface area (Å²) >= 11 is 0. The molecular weight excluding hydrogens is 258 g/mol. The van der Waals surface area contributed by atoms with Crippen LogP contribution in [0.1, 0.15) is 36.2 Å². The molecule has 0 bridgehead atoms. The van der Waals surface area contributed by atoms with Crippen molar-refractivity contribution in [3.8, 4) is 0 Å². The van der Waals surface area contributed by atoms with Gasteiger partial charge in [0.05, 0.1) is 12.1 Å².